The van der Waals surface area contributed by atoms with Crippen molar-refractivity contribution >= 4 is 33.1 Å². The van der Waals surface area contributed by atoms with E-state index < -0.39 is 0 Å². The Balaban J connectivity index is 1.68. The molecule has 0 unspecified atom stereocenters. The minimum atomic E-state index is -0.255. The number of hydrogen-bond acceptors (Lipinski definition) is 4. The van der Waals surface area contributed by atoms with Crippen LogP contribution in [0.15, 0.2) is 52.9 Å². The average molecular weight is 418 g/mol. The molecule has 0 saturated heterocycles. The number of carbonyl (C=O) groups excluding carboxylic acids is 1. The number of benzene rings is 2. The van der Waals surface area contributed by atoms with Gasteiger partial charge in [0.05, 0.1) is 11.7 Å². The number of rotatable bonds is 4. The summed E-state index contributed by atoms with van der Waals surface area (Å²) in [6.45, 7) is 7.95. The summed E-state index contributed by atoms with van der Waals surface area (Å²) in [7, 11) is 0. The molecule has 0 atom stereocenters. The largest absolute Gasteiger partial charge is 0.324 e. The number of aryl methyl sites for hydroxylation is 4. The Morgan fingerprint density at radius 1 is 1.03 bits per heavy atom. The predicted molar refractivity (Wildman–Crippen MR) is 123 cm³/mol. The first-order valence-corrected chi connectivity index (χ1v) is 10.6. The molecule has 30 heavy (non-hydrogen) atoms. The Labute approximate surface area is 179 Å². The van der Waals surface area contributed by atoms with E-state index in [0.717, 1.165) is 27.9 Å². The Morgan fingerprint density at radius 3 is 2.57 bits per heavy atom. The maximum atomic E-state index is 13.2. The third-order valence-electron chi connectivity index (χ3n) is 5.36. The zero-order valence-electron chi connectivity index (χ0n) is 17.4. The van der Waals surface area contributed by atoms with Crippen molar-refractivity contribution in [3.05, 3.63) is 80.7 Å². The molecule has 0 aliphatic carbocycles. The second-order valence-corrected chi connectivity index (χ2v) is 8.53. The number of anilines is 1. The highest BCUT2D eigenvalue weighted by molar-refractivity contribution is 7.17. The molecule has 4 aromatic rings. The molecule has 0 radical (unpaired) electrons. The Bertz CT molecular complexity index is 1330. The highest BCUT2D eigenvalue weighted by atomic mass is 32.1. The van der Waals surface area contributed by atoms with Crippen LogP contribution in [0.25, 0.3) is 21.3 Å². The highest BCUT2D eigenvalue weighted by Gasteiger charge is 2.15. The molecule has 152 valence electrons. The van der Waals surface area contributed by atoms with Gasteiger partial charge < -0.3 is 5.32 Å². The SMILES string of the molecule is Cc1ccc(C)c(NC(=O)Cn2cnc3scc(-c4ccc(C)c(C)c4)c3c2=O)c1. The van der Waals surface area contributed by atoms with E-state index in [1.165, 1.54) is 33.4 Å². The lowest BCUT2D eigenvalue weighted by molar-refractivity contribution is -0.116. The van der Waals surface area contributed by atoms with Crippen LogP contribution in [-0.2, 0) is 11.3 Å². The molecule has 0 saturated carbocycles. The van der Waals surface area contributed by atoms with Gasteiger partial charge in [0.25, 0.3) is 5.56 Å². The minimum Gasteiger partial charge on any atom is -0.324 e. The van der Waals surface area contributed by atoms with Crippen molar-refractivity contribution in [1.82, 2.24) is 9.55 Å². The van der Waals surface area contributed by atoms with Gasteiger partial charge in [-0.05, 0) is 61.6 Å². The van der Waals surface area contributed by atoms with Gasteiger partial charge in [0.1, 0.15) is 11.4 Å². The fraction of sp³-hybridized carbons (Fsp3) is 0.208. The summed E-state index contributed by atoms with van der Waals surface area (Å²) >= 11 is 1.44. The van der Waals surface area contributed by atoms with E-state index in [4.69, 9.17) is 0 Å². The minimum absolute atomic E-state index is 0.0859. The number of fused-ring (bicyclic) bond motifs is 1. The predicted octanol–water partition coefficient (Wildman–Crippen LogP) is 5.00. The molecular formula is C24H23N3O2S. The van der Waals surface area contributed by atoms with Gasteiger partial charge in [-0.2, -0.15) is 0 Å². The molecule has 0 aliphatic rings. The Hall–Kier alpha value is -3.25. The van der Waals surface area contributed by atoms with Crippen LogP contribution in [0, 0.1) is 27.7 Å². The smallest absolute Gasteiger partial charge is 0.263 e. The molecule has 2 heterocycles. The van der Waals surface area contributed by atoms with E-state index in [1.807, 2.05) is 43.5 Å². The van der Waals surface area contributed by atoms with Gasteiger partial charge in [-0.15, -0.1) is 11.3 Å². The van der Waals surface area contributed by atoms with Crippen molar-refractivity contribution in [3.63, 3.8) is 0 Å². The van der Waals surface area contributed by atoms with Crippen LogP contribution in [0.4, 0.5) is 5.69 Å². The fourth-order valence-corrected chi connectivity index (χ4v) is 4.32. The lowest BCUT2D eigenvalue weighted by Crippen LogP contribution is -2.28. The number of thiophene rings is 1. The molecule has 0 fully saturated rings. The zero-order valence-corrected chi connectivity index (χ0v) is 18.3. The molecule has 2 aromatic carbocycles. The first-order valence-electron chi connectivity index (χ1n) is 9.75. The summed E-state index contributed by atoms with van der Waals surface area (Å²) in [5, 5.41) is 5.43. The van der Waals surface area contributed by atoms with Gasteiger partial charge in [0, 0.05) is 16.6 Å². The number of nitrogens with one attached hydrogen (secondary N) is 1. The topological polar surface area (TPSA) is 64.0 Å². The highest BCUT2D eigenvalue weighted by Crippen LogP contribution is 2.31. The van der Waals surface area contributed by atoms with Crippen LogP contribution in [-0.4, -0.2) is 15.5 Å². The summed E-state index contributed by atoms with van der Waals surface area (Å²) in [5.41, 5.74) is 6.82. The normalized spacial score (nSPS) is 11.1. The van der Waals surface area contributed by atoms with E-state index in [1.54, 1.807) is 0 Å². The molecule has 0 bridgehead atoms. The number of nitrogens with zero attached hydrogens (tertiary/aromatic N) is 2. The summed E-state index contributed by atoms with van der Waals surface area (Å²) in [4.78, 5) is 30.9. The summed E-state index contributed by atoms with van der Waals surface area (Å²) in [6.07, 6.45) is 1.45. The van der Waals surface area contributed by atoms with E-state index >= 15 is 0 Å². The zero-order chi connectivity index (χ0) is 21.4. The quantitative estimate of drug-likeness (QED) is 0.508. The number of aromatic nitrogens is 2. The van der Waals surface area contributed by atoms with Crippen LogP contribution >= 0.6 is 11.3 Å². The van der Waals surface area contributed by atoms with Crippen molar-refractivity contribution < 1.29 is 4.79 Å². The number of hydrogen-bond donors (Lipinski definition) is 1. The second kappa shape index (κ2) is 7.88. The van der Waals surface area contributed by atoms with Gasteiger partial charge >= 0.3 is 0 Å². The van der Waals surface area contributed by atoms with Gasteiger partial charge in [-0.3, -0.25) is 14.2 Å². The van der Waals surface area contributed by atoms with Crippen molar-refractivity contribution in [1.29, 1.82) is 0 Å². The van der Waals surface area contributed by atoms with Crippen LogP contribution in [0.5, 0.6) is 0 Å². The monoisotopic (exact) mass is 417 g/mol. The molecule has 0 spiro atoms. The lowest BCUT2D eigenvalue weighted by atomic mass is 10.0. The maximum absolute atomic E-state index is 13.2. The maximum Gasteiger partial charge on any atom is 0.263 e. The van der Waals surface area contributed by atoms with E-state index in [-0.39, 0.29) is 18.0 Å². The molecule has 5 nitrogen and oxygen atoms in total. The third kappa shape index (κ3) is 3.78. The van der Waals surface area contributed by atoms with E-state index in [0.29, 0.717) is 10.2 Å². The third-order valence-corrected chi connectivity index (χ3v) is 6.25. The van der Waals surface area contributed by atoms with Crippen LogP contribution in [0.3, 0.4) is 0 Å². The molecular weight excluding hydrogens is 394 g/mol. The molecule has 0 aliphatic heterocycles. The number of carbonyl (C=O) groups is 1. The summed E-state index contributed by atoms with van der Waals surface area (Å²) < 4.78 is 1.38. The van der Waals surface area contributed by atoms with E-state index in [9.17, 15) is 9.59 Å². The van der Waals surface area contributed by atoms with Crippen molar-refractivity contribution in [3.8, 4) is 11.1 Å². The van der Waals surface area contributed by atoms with Gasteiger partial charge in [-0.1, -0.05) is 30.3 Å². The van der Waals surface area contributed by atoms with Crippen molar-refractivity contribution in [2.45, 2.75) is 34.2 Å². The fourth-order valence-electron chi connectivity index (χ4n) is 3.42. The van der Waals surface area contributed by atoms with Gasteiger partial charge in [0.2, 0.25) is 5.91 Å². The number of amides is 1. The first kappa shape index (κ1) is 20.0. The summed E-state index contributed by atoms with van der Waals surface area (Å²) in [6, 6.07) is 12.0. The van der Waals surface area contributed by atoms with Crippen molar-refractivity contribution in [2.24, 2.45) is 0 Å². The summed E-state index contributed by atoms with van der Waals surface area (Å²) in [5.74, 6) is -0.255. The van der Waals surface area contributed by atoms with Crippen molar-refractivity contribution in [2.75, 3.05) is 5.32 Å². The van der Waals surface area contributed by atoms with Crippen LogP contribution < -0.4 is 10.9 Å². The van der Waals surface area contributed by atoms with Gasteiger partial charge in [-0.25, -0.2) is 4.98 Å². The molecule has 2 aromatic heterocycles. The average Bonchev–Trinajstić information content (AvgIpc) is 3.14. The lowest BCUT2D eigenvalue weighted by Gasteiger charge is -2.11. The van der Waals surface area contributed by atoms with Crippen LogP contribution in [0.2, 0.25) is 0 Å². The first-order chi connectivity index (χ1) is 14.3. The Morgan fingerprint density at radius 2 is 1.80 bits per heavy atom. The standard InChI is InChI=1S/C24H23N3O2S/c1-14-5-6-16(3)20(9-14)26-21(28)11-27-13-25-23-22(24(27)29)19(12-30-23)18-8-7-15(2)17(4)10-18/h5-10,12-13H,11H2,1-4H3,(H,26,28). The van der Waals surface area contributed by atoms with Crippen LogP contribution in [0.1, 0.15) is 22.3 Å². The molecule has 6 heteroatoms. The molecule has 1 amide bonds. The van der Waals surface area contributed by atoms with Gasteiger partial charge in [0.15, 0.2) is 0 Å². The molecule has 1 N–H and O–H groups in total. The second-order valence-electron chi connectivity index (χ2n) is 7.67. The molecule has 4 rings (SSSR count). The Kier molecular flexibility index (Phi) is 5.26. The van der Waals surface area contributed by atoms with E-state index in [2.05, 4.69) is 36.3 Å².